The van der Waals surface area contributed by atoms with E-state index < -0.39 is 10.8 Å². The molecule has 0 aliphatic heterocycles. The van der Waals surface area contributed by atoms with Gasteiger partial charge in [-0.1, -0.05) is 11.6 Å². The third-order valence-electron chi connectivity index (χ3n) is 2.95. The van der Waals surface area contributed by atoms with E-state index in [1.54, 1.807) is 12.1 Å². The smallest absolute Gasteiger partial charge is 0.284 e. The third kappa shape index (κ3) is 4.25. The van der Waals surface area contributed by atoms with Crippen molar-refractivity contribution in [3.05, 3.63) is 60.0 Å². The molecule has 0 aliphatic rings. The molecule has 0 heterocycles. The van der Waals surface area contributed by atoms with E-state index in [4.69, 9.17) is 16.3 Å². The molecule has 2 rings (SSSR count). The first-order chi connectivity index (χ1) is 11.3. The average molecular weight is 479 g/mol. The van der Waals surface area contributed by atoms with Gasteiger partial charge >= 0.3 is 0 Å². The van der Waals surface area contributed by atoms with E-state index in [0.29, 0.717) is 32.0 Å². The summed E-state index contributed by atoms with van der Waals surface area (Å²) >= 11 is 12.4. The molecule has 2 aromatic carbocycles. The monoisotopic (exact) mass is 476 g/mol. The van der Waals surface area contributed by atoms with Crippen LogP contribution in [0.2, 0.25) is 5.02 Å². The molecule has 126 valence electrons. The Morgan fingerprint density at radius 2 is 2.00 bits per heavy atom. The van der Waals surface area contributed by atoms with Crippen LogP contribution in [0.4, 0.5) is 11.4 Å². The molecule has 0 atom stereocenters. The molecule has 24 heavy (non-hydrogen) atoms. The molecular formula is C15H11Br2ClN2O4. The van der Waals surface area contributed by atoms with E-state index in [1.807, 2.05) is 6.92 Å². The Hall–Kier alpha value is -1.64. The molecule has 0 spiro atoms. The number of ether oxygens (including phenoxy) is 1. The summed E-state index contributed by atoms with van der Waals surface area (Å²) in [6.07, 6.45) is 0. The lowest BCUT2D eigenvalue weighted by atomic mass is 10.2. The molecule has 0 unspecified atom stereocenters. The topological polar surface area (TPSA) is 81.5 Å². The Morgan fingerprint density at radius 1 is 1.29 bits per heavy atom. The predicted octanol–water partition coefficient (Wildman–Crippen LogP) is 5.42. The van der Waals surface area contributed by atoms with Gasteiger partial charge in [-0.05, 0) is 63.0 Å². The van der Waals surface area contributed by atoms with Crippen molar-refractivity contribution in [3.63, 3.8) is 0 Å². The van der Waals surface area contributed by atoms with E-state index in [-0.39, 0.29) is 11.3 Å². The normalized spacial score (nSPS) is 10.3. The lowest BCUT2D eigenvalue weighted by Gasteiger charge is -2.14. The van der Waals surface area contributed by atoms with Crippen molar-refractivity contribution < 1.29 is 14.5 Å². The van der Waals surface area contributed by atoms with Crippen LogP contribution in [0.5, 0.6) is 5.75 Å². The van der Waals surface area contributed by atoms with Gasteiger partial charge in [0.15, 0.2) is 5.75 Å². The minimum absolute atomic E-state index is 0.142. The summed E-state index contributed by atoms with van der Waals surface area (Å²) in [6, 6.07) is 7.31. The zero-order chi connectivity index (χ0) is 17.9. The number of amides is 1. The molecule has 0 radical (unpaired) electrons. The van der Waals surface area contributed by atoms with E-state index in [0.717, 1.165) is 0 Å². The van der Waals surface area contributed by atoms with Crippen molar-refractivity contribution >= 4 is 60.7 Å². The lowest BCUT2D eigenvalue weighted by molar-refractivity contribution is -0.385. The van der Waals surface area contributed by atoms with Crippen molar-refractivity contribution in [1.29, 1.82) is 0 Å². The Kier molecular flexibility index (Phi) is 6.20. The molecular weight excluding hydrogens is 467 g/mol. The molecule has 0 saturated carbocycles. The first-order valence-corrected chi connectivity index (χ1v) is 8.67. The molecule has 1 amide bonds. The highest BCUT2D eigenvalue weighted by atomic mass is 79.9. The van der Waals surface area contributed by atoms with Crippen LogP contribution in [0, 0.1) is 10.1 Å². The van der Waals surface area contributed by atoms with Crippen LogP contribution >= 0.6 is 43.5 Å². The van der Waals surface area contributed by atoms with E-state index in [1.165, 1.54) is 18.2 Å². The fourth-order valence-corrected chi connectivity index (χ4v) is 3.25. The second-order valence-electron chi connectivity index (χ2n) is 4.57. The number of halogens is 3. The van der Waals surface area contributed by atoms with Gasteiger partial charge in [-0.2, -0.15) is 0 Å². The second-order valence-corrected chi connectivity index (χ2v) is 6.72. The van der Waals surface area contributed by atoms with Crippen LogP contribution in [0.1, 0.15) is 17.3 Å². The van der Waals surface area contributed by atoms with E-state index in [9.17, 15) is 14.9 Å². The number of anilines is 1. The number of hydrogen-bond donors (Lipinski definition) is 1. The van der Waals surface area contributed by atoms with Gasteiger partial charge in [-0.25, -0.2) is 0 Å². The highest BCUT2D eigenvalue weighted by Gasteiger charge is 2.18. The van der Waals surface area contributed by atoms with Crippen molar-refractivity contribution in [1.82, 2.24) is 0 Å². The highest BCUT2D eigenvalue weighted by Crippen LogP contribution is 2.37. The Bertz CT molecular complexity index is 814. The molecule has 2 aromatic rings. The fraction of sp³-hybridized carbons (Fsp3) is 0.133. The van der Waals surface area contributed by atoms with Gasteiger partial charge in [0.2, 0.25) is 0 Å². The van der Waals surface area contributed by atoms with Crippen molar-refractivity contribution in [3.8, 4) is 5.75 Å². The van der Waals surface area contributed by atoms with Crippen molar-refractivity contribution in [2.75, 3.05) is 11.9 Å². The van der Waals surface area contributed by atoms with Crippen LogP contribution in [0.25, 0.3) is 0 Å². The summed E-state index contributed by atoms with van der Waals surface area (Å²) in [7, 11) is 0. The summed E-state index contributed by atoms with van der Waals surface area (Å²) in [5, 5.41) is 14.1. The number of nitrogens with one attached hydrogen (secondary N) is 1. The van der Waals surface area contributed by atoms with Crippen molar-refractivity contribution in [2.45, 2.75) is 6.92 Å². The highest BCUT2D eigenvalue weighted by molar-refractivity contribution is 9.11. The maximum absolute atomic E-state index is 12.4. The molecule has 0 fully saturated rings. The van der Waals surface area contributed by atoms with Gasteiger partial charge in [0.1, 0.15) is 0 Å². The van der Waals surface area contributed by atoms with Gasteiger partial charge in [0.05, 0.1) is 26.2 Å². The second kappa shape index (κ2) is 7.96. The van der Waals surface area contributed by atoms with Gasteiger partial charge in [-0.3, -0.25) is 14.9 Å². The maximum atomic E-state index is 12.4. The van der Waals surface area contributed by atoms with Crippen LogP contribution in [0.3, 0.4) is 0 Å². The number of nitrogens with zero attached hydrogens (tertiary/aromatic N) is 1. The number of hydrogen-bond acceptors (Lipinski definition) is 4. The van der Waals surface area contributed by atoms with Gasteiger partial charge < -0.3 is 10.1 Å². The third-order valence-corrected chi connectivity index (χ3v) is 4.43. The van der Waals surface area contributed by atoms with Crippen LogP contribution in [-0.2, 0) is 0 Å². The number of nitro benzene ring substituents is 1. The molecule has 6 nitrogen and oxygen atoms in total. The summed E-state index contributed by atoms with van der Waals surface area (Å²) in [5.74, 6) is -0.0809. The van der Waals surface area contributed by atoms with Crippen LogP contribution in [0.15, 0.2) is 39.3 Å². The Morgan fingerprint density at radius 3 is 2.62 bits per heavy atom. The quantitative estimate of drug-likeness (QED) is 0.459. The zero-order valence-electron chi connectivity index (χ0n) is 12.3. The molecule has 0 aromatic heterocycles. The zero-order valence-corrected chi connectivity index (χ0v) is 16.2. The van der Waals surface area contributed by atoms with Gasteiger partial charge in [-0.15, -0.1) is 0 Å². The SMILES string of the molecule is CCOc1c(Br)cc(Cl)cc1NC(=O)c1ccc(Br)c([N+](=O)[O-])c1. The first-order valence-electron chi connectivity index (χ1n) is 6.70. The lowest BCUT2D eigenvalue weighted by Crippen LogP contribution is -2.13. The van der Waals surface area contributed by atoms with E-state index in [2.05, 4.69) is 37.2 Å². The minimum Gasteiger partial charge on any atom is -0.491 e. The standard InChI is InChI=1S/C15H11Br2ClN2O4/c1-2-24-14-11(17)6-9(18)7-12(14)19-15(21)8-3-4-10(16)13(5-8)20(22)23/h3-7H,2H2,1H3,(H,19,21). The molecule has 9 heteroatoms. The van der Waals surface area contributed by atoms with E-state index >= 15 is 0 Å². The average Bonchev–Trinajstić information content (AvgIpc) is 2.50. The van der Waals surface area contributed by atoms with Crippen molar-refractivity contribution in [2.24, 2.45) is 0 Å². The molecule has 0 aliphatic carbocycles. The molecule has 0 saturated heterocycles. The maximum Gasteiger partial charge on any atom is 0.284 e. The summed E-state index contributed by atoms with van der Waals surface area (Å²) in [6.45, 7) is 2.21. The number of carbonyl (C=O) groups is 1. The largest absolute Gasteiger partial charge is 0.491 e. The summed E-state index contributed by atoms with van der Waals surface area (Å²) in [4.78, 5) is 22.8. The fourth-order valence-electron chi connectivity index (χ4n) is 1.93. The summed E-state index contributed by atoms with van der Waals surface area (Å²) in [5.41, 5.74) is 0.315. The summed E-state index contributed by atoms with van der Waals surface area (Å²) < 4.78 is 6.39. The Labute approximate surface area is 159 Å². The number of nitro groups is 1. The van der Waals surface area contributed by atoms with Crippen LogP contribution in [-0.4, -0.2) is 17.4 Å². The minimum atomic E-state index is -0.567. The number of rotatable bonds is 5. The predicted molar refractivity (Wildman–Crippen MR) is 99.1 cm³/mol. The van der Waals surface area contributed by atoms with Gasteiger partial charge in [0, 0.05) is 16.7 Å². The number of carbonyl (C=O) groups excluding carboxylic acids is 1. The number of benzene rings is 2. The van der Waals surface area contributed by atoms with Gasteiger partial charge in [0.25, 0.3) is 11.6 Å². The Balaban J connectivity index is 2.37. The molecule has 1 N–H and O–H groups in total. The first kappa shape index (κ1) is 18.7. The molecule has 0 bridgehead atoms. The van der Waals surface area contributed by atoms with Crippen LogP contribution < -0.4 is 10.1 Å².